The van der Waals surface area contributed by atoms with Crippen LogP contribution in [0.15, 0.2) is 53.0 Å². The summed E-state index contributed by atoms with van der Waals surface area (Å²) in [6, 6.07) is 17.3. The molecule has 2 aromatic carbocycles. The lowest BCUT2D eigenvalue weighted by atomic mass is 9.73. The molecule has 1 aliphatic rings. The van der Waals surface area contributed by atoms with Crippen LogP contribution in [0.25, 0.3) is 0 Å². The molecule has 1 fully saturated rings. The van der Waals surface area contributed by atoms with E-state index in [0.717, 1.165) is 11.1 Å². The molecule has 0 N–H and O–H groups in total. The van der Waals surface area contributed by atoms with E-state index in [9.17, 15) is 9.59 Å². The van der Waals surface area contributed by atoms with Crippen molar-refractivity contribution < 1.29 is 14.3 Å². The Hall–Kier alpha value is -2.49. The van der Waals surface area contributed by atoms with Crippen molar-refractivity contribution in [3.63, 3.8) is 0 Å². The van der Waals surface area contributed by atoms with Gasteiger partial charge in [-0.25, -0.2) is 0 Å². The Morgan fingerprint density at radius 1 is 1.28 bits per heavy atom. The average molecular weight is 455 g/mol. The molecule has 5 nitrogen and oxygen atoms in total. The topological polar surface area (TPSA) is 70.4 Å². The second-order valence-electron chi connectivity index (χ2n) is 7.27. The van der Waals surface area contributed by atoms with Crippen LogP contribution in [0.2, 0.25) is 0 Å². The van der Waals surface area contributed by atoms with Crippen molar-refractivity contribution in [2.75, 3.05) is 19.7 Å². The summed E-state index contributed by atoms with van der Waals surface area (Å²) in [5.41, 5.74) is 1.22. The van der Waals surface area contributed by atoms with E-state index in [1.54, 1.807) is 25.1 Å². The number of nitrogens with zero attached hydrogens (tertiary/aromatic N) is 2. The molecular weight excluding hydrogens is 432 g/mol. The summed E-state index contributed by atoms with van der Waals surface area (Å²) in [6.07, 6.45) is 0.543. The number of benzene rings is 2. The number of halogens is 1. The standard InChI is InChI=1S/C23H23BrN2O3/c1-2-29-22(28)23(13-19-9-8-18(14-25)12-20(19)24)16-26(11-10-21(23)27)15-17-6-4-3-5-7-17/h3-9,12H,2,10-11,13,15-16H2,1H3. The number of piperidine rings is 1. The Balaban J connectivity index is 1.92. The van der Waals surface area contributed by atoms with E-state index in [1.807, 2.05) is 30.3 Å². The Morgan fingerprint density at radius 2 is 2.03 bits per heavy atom. The molecule has 3 rings (SSSR count). The van der Waals surface area contributed by atoms with Gasteiger partial charge in [-0.05, 0) is 36.6 Å². The van der Waals surface area contributed by atoms with Gasteiger partial charge >= 0.3 is 5.97 Å². The minimum Gasteiger partial charge on any atom is -0.465 e. The fraction of sp³-hybridized carbons (Fsp3) is 0.348. The number of likely N-dealkylation sites (tertiary alicyclic amines) is 1. The van der Waals surface area contributed by atoms with Crippen LogP contribution in [0.1, 0.15) is 30.0 Å². The molecule has 0 radical (unpaired) electrons. The SMILES string of the molecule is CCOC(=O)C1(Cc2ccc(C#N)cc2Br)CN(Cc2ccccc2)CCC1=O. The van der Waals surface area contributed by atoms with Gasteiger partial charge in [-0.3, -0.25) is 14.5 Å². The highest BCUT2D eigenvalue weighted by Crippen LogP contribution is 2.35. The van der Waals surface area contributed by atoms with Crippen LogP contribution in [0.5, 0.6) is 0 Å². The molecule has 1 saturated heterocycles. The minimum atomic E-state index is -1.25. The molecule has 1 aliphatic heterocycles. The monoisotopic (exact) mass is 454 g/mol. The second kappa shape index (κ2) is 9.34. The van der Waals surface area contributed by atoms with Crippen molar-refractivity contribution >= 4 is 27.7 Å². The predicted molar refractivity (Wildman–Crippen MR) is 113 cm³/mol. The van der Waals surface area contributed by atoms with Gasteiger partial charge in [-0.2, -0.15) is 5.26 Å². The van der Waals surface area contributed by atoms with E-state index in [0.29, 0.717) is 36.1 Å². The van der Waals surface area contributed by atoms with E-state index in [1.165, 1.54) is 0 Å². The Bertz CT molecular complexity index is 939. The highest BCUT2D eigenvalue weighted by Gasteiger charge is 2.50. The summed E-state index contributed by atoms with van der Waals surface area (Å²) in [6.45, 7) is 3.57. The van der Waals surface area contributed by atoms with Crippen LogP contribution in [0.4, 0.5) is 0 Å². The molecule has 0 bridgehead atoms. The molecule has 0 aromatic heterocycles. The maximum atomic E-state index is 13.1. The van der Waals surface area contributed by atoms with Crippen molar-refractivity contribution in [2.45, 2.75) is 26.3 Å². The summed E-state index contributed by atoms with van der Waals surface area (Å²) in [7, 11) is 0. The van der Waals surface area contributed by atoms with Gasteiger partial charge in [0.2, 0.25) is 0 Å². The number of nitriles is 1. The Morgan fingerprint density at radius 3 is 2.69 bits per heavy atom. The van der Waals surface area contributed by atoms with Gasteiger partial charge in [0.15, 0.2) is 5.78 Å². The molecule has 0 saturated carbocycles. The van der Waals surface area contributed by atoms with Crippen molar-refractivity contribution in [1.29, 1.82) is 5.26 Å². The van der Waals surface area contributed by atoms with Gasteiger partial charge in [0.05, 0.1) is 18.2 Å². The third kappa shape index (κ3) is 4.75. The van der Waals surface area contributed by atoms with Gasteiger partial charge in [-0.1, -0.05) is 52.3 Å². The highest BCUT2D eigenvalue weighted by molar-refractivity contribution is 9.10. The lowest BCUT2D eigenvalue weighted by Gasteiger charge is -2.40. The van der Waals surface area contributed by atoms with Crippen LogP contribution in [0, 0.1) is 16.7 Å². The van der Waals surface area contributed by atoms with E-state index >= 15 is 0 Å². The smallest absolute Gasteiger partial charge is 0.321 e. The molecule has 2 aromatic rings. The first-order valence-electron chi connectivity index (χ1n) is 9.64. The van der Waals surface area contributed by atoms with Crippen LogP contribution in [0.3, 0.4) is 0 Å². The van der Waals surface area contributed by atoms with E-state index in [4.69, 9.17) is 10.00 Å². The summed E-state index contributed by atoms with van der Waals surface area (Å²) in [5.74, 6) is -0.560. The number of ketones is 1. The first-order valence-corrected chi connectivity index (χ1v) is 10.4. The maximum absolute atomic E-state index is 13.1. The molecule has 1 atom stereocenters. The molecule has 1 heterocycles. The number of ether oxygens (including phenoxy) is 1. The lowest BCUT2D eigenvalue weighted by Crippen LogP contribution is -2.55. The highest BCUT2D eigenvalue weighted by atomic mass is 79.9. The van der Waals surface area contributed by atoms with Crippen LogP contribution in [-0.2, 0) is 27.3 Å². The number of hydrogen-bond donors (Lipinski definition) is 0. The van der Waals surface area contributed by atoms with Gasteiger partial charge in [0, 0.05) is 30.5 Å². The van der Waals surface area contributed by atoms with Gasteiger partial charge in [0.1, 0.15) is 5.41 Å². The van der Waals surface area contributed by atoms with Crippen molar-refractivity contribution in [3.8, 4) is 6.07 Å². The summed E-state index contributed by atoms with van der Waals surface area (Å²) in [4.78, 5) is 28.2. The number of Topliss-reactive ketones (excluding diaryl/α,β-unsaturated/α-hetero) is 1. The number of carbonyl (C=O) groups is 2. The van der Waals surface area contributed by atoms with Crippen LogP contribution < -0.4 is 0 Å². The molecule has 1 unspecified atom stereocenters. The molecule has 0 amide bonds. The fourth-order valence-corrected chi connectivity index (χ4v) is 4.30. The second-order valence-corrected chi connectivity index (χ2v) is 8.12. The normalized spacial score (nSPS) is 19.6. The van der Waals surface area contributed by atoms with Crippen LogP contribution in [-0.4, -0.2) is 36.3 Å². The van der Waals surface area contributed by atoms with Crippen molar-refractivity contribution in [1.82, 2.24) is 4.90 Å². The number of carbonyl (C=O) groups excluding carboxylic acids is 2. The molecule has 0 spiro atoms. The van der Waals surface area contributed by atoms with E-state index in [-0.39, 0.29) is 18.8 Å². The van der Waals surface area contributed by atoms with E-state index in [2.05, 4.69) is 26.9 Å². The zero-order valence-corrected chi connectivity index (χ0v) is 17.9. The summed E-state index contributed by atoms with van der Waals surface area (Å²) < 4.78 is 6.07. The zero-order valence-electron chi connectivity index (χ0n) is 16.4. The fourth-order valence-electron chi connectivity index (χ4n) is 3.78. The van der Waals surface area contributed by atoms with Crippen molar-refractivity contribution in [3.05, 3.63) is 69.7 Å². The van der Waals surface area contributed by atoms with Crippen LogP contribution >= 0.6 is 15.9 Å². The van der Waals surface area contributed by atoms with E-state index < -0.39 is 11.4 Å². The quantitative estimate of drug-likeness (QED) is 0.489. The summed E-state index contributed by atoms with van der Waals surface area (Å²) >= 11 is 3.49. The largest absolute Gasteiger partial charge is 0.465 e. The average Bonchev–Trinajstić information content (AvgIpc) is 2.72. The zero-order chi connectivity index (χ0) is 20.9. The molecular formula is C23H23BrN2O3. The third-order valence-electron chi connectivity index (χ3n) is 5.27. The third-order valence-corrected chi connectivity index (χ3v) is 6.01. The van der Waals surface area contributed by atoms with Gasteiger partial charge in [0.25, 0.3) is 0 Å². The maximum Gasteiger partial charge on any atom is 0.321 e. The molecule has 150 valence electrons. The Kier molecular flexibility index (Phi) is 6.83. The minimum absolute atomic E-state index is 0.0866. The number of hydrogen-bond acceptors (Lipinski definition) is 5. The number of esters is 1. The molecule has 6 heteroatoms. The number of rotatable bonds is 6. The molecule has 0 aliphatic carbocycles. The first kappa shape index (κ1) is 21.2. The first-order chi connectivity index (χ1) is 14.0. The Labute approximate surface area is 179 Å². The lowest BCUT2D eigenvalue weighted by molar-refractivity contribution is -0.164. The van der Waals surface area contributed by atoms with Gasteiger partial charge in [-0.15, -0.1) is 0 Å². The summed E-state index contributed by atoms with van der Waals surface area (Å²) in [5, 5.41) is 9.09. The van der Waals surface area contributed by atoms with Crippen molar-refractivity contribution in [2.24, 2.45) is 5.41 Å². The predicted octanol–water partition coefficient (Wildman–Crippen LogP) is 3.89. The molecule has 29 heavy (non-hydrogen) atoms. The van der Waals surface area contributed by atoms with Gasteiger partial charge < -0.3 is 4.74 Å².